The summed E-state index contributed by atoms with van der Waals surface area (Å²) in [5, 5.41) is 0.293. The lowest BCUT2D eigenvalue weighted by molar-refractivity contribution is -0.133. The summed E-state index contributed by atoms with van der Waals surface area (Å²) in [7, 11) is 1.23. The standard InChI is InChI=1S/C19H14BrFN2O4S/c1-25-18(24)15(10-26-11-21)14-4-2-3-5-16(14)27-19-22-17(23-28-19)12-6-8-13(20)9-7-12/h2-10H,11H2,1H3/b15-10+. The van der Waals surface area contributed by atoms with Crippen LogP contribution in [0.25, 0.3) is 17.0 Å². The number of halogens is 2. The van der Waals surface area contributed by atoms with E-state index < -0.39 is 12.8 Å². The monoisotopic (exact) mass is 464 g/mol. The first-order valence-electron chi connectivity index (χ1n) is 7.95. The van der Waals surface area contributed by atoms with Gasteiger partial charge in [0.05, 0.1) is 7.11 Å². The van der Waals surface area contributed by atoms with Gasteiger partial charge in [0.2, 0.25) is 6.86 Å². The SMILES string of the molecule is COC(=O)/C(=C/OCF)c1ccccc1Oc1nc(-c2ccc(Br)cc2)ns1. The number of carbonyl (C=O) groups excluding carboxylic acids is 1. The van der Waals surface area contributed by atoms with Gasteiger partial charge in [-0.05, 0) is 18.2 Å². The van der Waals surface area contributed by atoms with Crippen molar-refractivity contribution in [3.8, 4) is 22.3 Å². The molecule has 6 nitrogen and oxygen atoms in total. The Morgan fingerprint density at radius 3 is 2.68 bits per heavy atom. The number of alkyl halides is 1. The Morgan fingerprint density at radius 2 is 1.96 bits per heavy atom. The molecule has 1 aromatic heterocycles. The van der Waals surface area contributed by atoms with Crippen LogP contribution in [0, 0.1) is 0 Å². The first kappa shape index (κ1) is 20.0. The molecule has 0 aliphatic rings. The molecule has 0 aliphatic heterocycles. The minimum Gasteiger partial charge on any atom is -0.470 e. The summed E-state index contributed by atoms with van der Waals surface area (Å²) in [4.78, 5) is 16.4. The molecule has 0 spiro atoms. The molecule has 0 atom stereocenters. The predicted molar refractivity (Wildman–Crippen MR) is 107 cm³/mol. The van der Waals surface area contributed by atoms with Crippen LogP contribution in [0.15, 0.2) is 59.3 Å². The van der Waals surface area contributed by atoms with Gasteiger partial charge in [-0.1, -0.05) is 46.3 Å². The quantitative estimate of drug-likeness (QED) is 0.271. The topological polar surface area (TPSA) is 70.5 Å². The largest absolute Gasteiger partial charge is 0.470 e. The molecule has 0 aliphatic carbocycles. The maximum atomic E-state index is 12.4. The second kappa shape index (κ2) is 9.43. The van der Waals surface area contributed by atoms with Gasteiger partial charge in [-0.2, -0.15) is 9.36 Å². The van der Waals surface area contributed by atoms with Crippen LogP contribution in [-0.2, 0) is 14.3 Å². The van der Waals surface area contributed by atoms with Gasteiger partial charge < -0.3 is 14.2 Å². The molecule has 0 saturated heterocycles. The molecular weight excluding hydrogens is 451 g/mol. The number of methoxy groups -OCH3 is 1. The third-order valence-electron chi connectivity index (χ3n) is 3.55. The van der Waals surface area contributed by atoms with Crippen LogP contribution in [0.4, 0.5) is 4.39 Å². The number of ether oxygens (including phenoxy) is 3. The molecule has 2 aromatic carbocycles. The van der Waals surface area contributed by atoms with E-state index in [2.05, 4.69) is 30.0 Å². The molecule has 0 unspecified atom stereocenters. The van der Waals surface area contributed by atoms with Gasteiger partial charge in [0, 0.05) is 27.1 Å². The highest BCUT2D eigenvalue weighted by Crippen LogP contribution is 2.33. The van der Waals surface area contributed by atoms with Crippen molar-refractivity contribution in [3.63, 3.8) is 0 Å². The first-order valence-corrected chi connectivity index (χ1v) is 9.52. The molecular formula is C19H14BrFN2O4S. The fraction of sp³-hybridized carbons (Fsp3) is 0.105. The zero-order valence-corrected chi connectivity index (χ0v) is 17.0. The lowest BCUT2D eigenvalue weighted by Crippen LogP contribution is -2.06. The van der Waals surface area contributed by atoms with Gasteiger partial charge in [-0.25, -0.2) is 9.18 Å². The van der Waals surface area contributed by atoms with Crippen molar-refractivity contribution in [2.45, 2.75) is 0 Å². The number of esters is 1. The molecule has 3 rings (SSSR count). The van der Waals surface area contributed by atoms with Crippen molar-refractivity contribution in [2.75, 3.05) is 14.0 Å². The Bertz CT molecular complexity index is 992. The number of aromatic nitrogens is 2. The summed E-state index contributed by atoms with van der Waals surface area (Å²) in [6.07, 6.45) is 1.00. The lowest BCUT2D eigenvalue weighted by atomic mass is 10.1. The Balaban J connectivity index is 1.89. The second-order valence-electron chi connectivity index (χ2n) is 5.29. The van der Waals surface area contributed by atoms with E-state index in [9.17, 15) is 9.18 Å². The minimum absolute atomic E-state index is 0.0217. The van der Waals surface area contributed by atoms with Gasteiger partial charge in [-0.15, -0.1) is 0 Å². The van der Waals surface area contributed by atoms with Crippen molar-refractivity contribution in [2.24, 2.45) is 0 Å². The molecule has 9 heteroatoms. The number of hydrogen-bond acceptors (Lipinski definition) is 7. The molecule has 0 bridgehead atoms. The maximum Gasteiger partial charge on any atom is 0.341 e. The van der Waals surface area contributed by atoms with Crippen molar-refractivity contribution < 1.29 is 23.4 Å². The molecule has 1 heterocycles. The zero-order chi connectivity index (χ0) is 19.9. The number of nitrogens with zero attached hydrogens (tertiary/aromatic N) is 2. The van der Waals surface area contributed by atoms with E-state index in [4.69, 9.17) is 9.47 Å². The van der Waals surface area contributed by atoms with E-state index >= 15 is 0 Å². The highest BCUT2D eigenvalue weighted by Gasteiger charge is 2.19. The Labute approximate surface area is 172 Å². The number of rotatable bonds is 7. The molecule has 0 fully saturated rings. The van der Waals surface area contributed by atoms with Gasteiger partial charge in [0.25, 0.3) is 5.19 Å². The third kappa shape index (κ3) is 4.73. The van der Waals surface area contributed by atoms with E-state index in [1.54, 1.807) is 24.3 Å². The van der Waals surface area contributed by atoms with Crippen LogP contribution in [0.3, 0.4) is 0 Å². The van der Waals surface area contributed by atoms with Crippen molar-refractivity contribution in [1.29, 1.82) is 0 Å². The fourth-order valence-electron chi connectivity index (χ4n) is 2.29. The summed E-state index contributed by atoms with van der Waals surface area (Å²) in [6, 6.07) is 14.3. The number of para-hydroxylation sites is 1. The second-order valence-corrected chi connectivity index (χ2v) is 6.92. The first-order chi connectivity index (χ1) is 13.6. The van der Waals surface area contributed by atoms with Gasteiger partial charge in [-0.3, -0.25) is 0 Å². The van der Waals surface area contributed by atoms with Crippen LogP contribution >= 0.6 is 27.5 Å². The van der Waals surface area contributed by atoms with Crippen molar-refractivity contribution in [3.05, 3.63) is 64.8 Å². The summed E-state index contributed by atoms with van der Waals surface area (Å²) in [5.74, 6) is 0.173. The summed E-state index contributed by atoms with van der Waals surface area (Å²) >= 11 is 4.46. The third-order valence-corrected chi connectivity index (χ3v) is 4.68. The summed E-state index contributed by atoms with van der Waals surface area (Å²) in [5.41, 5.74) is 1.24. The van der Waals surface area contributed by atoms with E-state index in [-0.39, 0.29) is 5.57 Å². The molecule has 0 saturated carbocycles. The summed E-state index contributed by atoms with van der Waals surface area (Å²) < 4.78 is 32.9. The molecule has 3 aromatic rings. The van der Waals surface area contributed by atoms with Crippen molar-refractivity contribution in [1.82, 2.24) is 9.36 Å². The summed E-state index contributed by atoms with van der Waals surface area (Å²) in [6.45, 7) is -1.07. The van der Waals surface area contributed by atoms with Crippen LogP contribution in [0.2, 0.25) is 0 Å². The Kier molecular flexibility index (Phi) is 6.72. The minimum atomic E-state index is -1.07. The molecule has 144 valence electrons. The Morgan fingerprint density at radius 1 is 1.21 bits per heavy atom. The molecule has 28 heavy (non-hydrogen) atoms. The predicted octanol–water partition coefficient (Wildman–Crippen LogP) is 5.22. The Hall–Kier alpha value is -2.78. The molecule has 0 radical (unpaired) electrons. The average Bonchev–Trinajstić information content (AvgIpc) is 3.18. The van der Waals surface area contributed by atoms with Gasteiger partial charge in [0.1, 0.15) is 17.6 Å². The van der Waals surface area contributed by atoms with E-state index in [0.717, 1.165) is 27.8 Å². The van der Waals surface area contributed by atoms with E-state index in [0.29, 0.717) is 22.3 Å². The molecule has 0 N–H and O–H groups in total. The number of benzene rings is 2. The number of hydrogen-bond donors (Lipinski definition) is 0. The number of carbonyl (C=O) groups is 1. The molecule has 0 amide bonds. The van der Waals surface area contributed by atoms with Crippen LogP contribution in [-0.4, -0.2) is 29.3 Å². The van der Waals surface area contributed by atoms with E-state index in [1.807, 2.05) is 24.3 Å². The fourth-order valence-corrected chi connectivity index (χ4v) is 3.12. The highest BCUT2D eigenvalue weighted by atomic mass is 79.9. The zero-order valence-electron chi connectivity index (χ0n) is 14.6. The van der Waals surface area contributed by atoms with Crippen molar-refractivity contribution >= 4 is 39.0 Å². The van der Waals surface area contributed by atoms with Crippen LogP contribution in [0.5, 0.6) is 10.9 Å². The smallest absolute Gasteiger partial charge is 0.341 e. The highest BCUT2D eigenvalue weighted by molar-refractivity contribution is 9.10. The van der Waals surface area contributed by atoms with Crippen LogP contribution < -0.4 is 4.74 Å². The maximum absolute atomic E-state index is 12.4. The normalized spacial score (nSPS) is 11.2. The van der Waals surface area contributed by atoms with E-state index in [1.165, 1.54) is 7.11 Å². The average molecular weight is 465 g/mol. The van der Waals surface area contributed by atoms with Gasteiger partial charge in [0.15, 0.2) is 5.82 Å². The lowest BCUT2D eigenvalue weighted by Gasteiger charge is -2.10. The van der Waals surface area contributed by atoms with Gasteiger partial charge >= 0.3 is 5.97 Å². The van der Waals surface area contributed by atoms with Crippen LogP contribution in [0.1, 0.15) is 5.56 Å².